The third-order valence-electron chi connectivity index (χ3n) is 2.39. The molecule has 0 aliphatic rings. The van der Waals surface area contributed by atoms with Crippen LogP contribution >= 0.6 is 0 Å². The fourth-order valence-electron chi connectivity index (χ4n) is 1.53. The van der Waals surface area contributed by atoms with Gasteiger partial charge in [0, 0.05) is 0 Å². The molecule has 14 heavy (non-hydrogen) atoms. The van der Waals surface area contributed by atoms with E-state index in [2.05, 4.69) is 29.0 Å². The Morgan fingerprint density at radius 2 is 1.64 bits per heavy atom. The Hall–Kier alpha value is -0.804. The fraction of sp³-hybridized carbons (Fsp3) is 0.273. The van der Waals surface area contributed by atoms with E-state index in [1.165, 1.54) is 9.68 Å². The summed E-state index contributed by atoms with van der Waals surface area (Å²) < 4.78 is 1.31. The van der Waals surface area contributed by atoms with Crippen LogP contribution < -0.4 is 4.12 Å². The second-order valence-corrected chi connectivity index (χ2v) is 5.00. The number of aryl methyl sites for hydroxylation is 3. The first kappa shape index (κ1) is 9.74. The Balaban J connectivity index is 2.89. The minimum atomic E-state index is 1.02. The van der Waals surface area contributed by atoms with Gasteiger partial charge in [0.1, 0.15) is 0 Å². The second kappa shape index (κ2) is 3.40. The quantitative estimate of drug-likeness (QED) is 0.650. The van der Waals surface area contributed by atoms with Gasteiger partial charge in [-0.25, -0.2) is 0 Å². The van der Waals surface area contributed by atoms with Gasteiger partial charge in [-0.1, -0.05) is 0 Å². The van der Waals surface area contributed by atoms with Crippen LogP contribution in [0.1, 0.15) is 17.0 Å². The molecule has 1 aromatic heterocycles. The van der Waals surface area contributed by atoms with Gasteiger partial charge in [0.25, 0.3) is 0 Å². The summed E-state index contributed by atoms with van der Waals surface area (Å²) in [5.74, 6) is 0. The van der Waals surface area contributed by atoms with Crippen molar-refractivity contribution < 1.29 is 0 Å². The van der Waals surface area contributed by atoms with Gasteiger partial charge in [0.05, 0.1) is 0 Å². The average molecular weight is 241 g/mol. The van der Waals surface area contributed by atoms with Crippen LogP contribution in [0.2, 0.25) is 0 Å². The first-order chi connectivity index (χ1) is 6.58. The van der Waals surface area contributed by atoms with Gasteiger partial charge in [0.15, 0.2) is 0 Å². The van der Waals surface area contributed by atoms with Crippen molar-refractivity contribution in [2.75, 3.05) is 0 Å². The molecular formula is C11H11GaN2. The summed E-state index contributed by atoms with van der Waals surface area (Å²) in [6, 6.07) is 4.29. The zero-order valence-electron chi connectivity index (χ0n) is 8.63. The second-order valence-electron chi connectivity index (χ2n) is 3.60. The summed E-state index contributed by atoms with van der Waals surface area (Å²) >= 11 is 1.63. The van der Waals surface area contributed by atoms with E-state index in [0.717, 1.165) is 22.4 Å². The monoisotopic (exact) mass is 240 g/mol. The van der Waals surface area contributed by atoms with E-state index in [0.29, 0.717) is 0 Å². The average Bonchev–Trinajstić information content (AvgIpc) is 2.08. The van der Waals surface area contributed by atoms with E-state index in [1.807, 2.05) is 13.8 Å². The first-order valence-electron chi connectivity index (χ1n) is 4.59. The molecule has 2 rings (SSSR count). The molecule has 2 radical (unpaired) electrons. The van der Waals surface area contributed by atoms with Crippen molar-refractivity contribution in [2.45, 2.75) is 20.8 Å². The Kier molecular flexibility index (Phi) is 2.37. The SMILES string of the molecule is Cc1nc2c[c]([Ga])cc(C)c2nc1C. The van der Waals surface area contributed by atoms with Crippen molar-refractivity contribution in [3.05, 3.63) is 29.1 Å². The van der Waals surface area contributed by atoms with Gasteiger partial charge in [-0.2, -0.15) is 0 Å². The Labute approximate surface area is 93.7 Å². The number of nitrogens with zero attached hydrogens (tertiary/aromatic N) is 2. The van der Waals surface area contributed by atoms with Crippen LogP contribution in [0.3, 0.4) is 0 Å². The Morgan fingerprint density at radius 1 is 1.00 bits per heavy atom. The van der Waals surface area contributed by atoms with Gasteiger partial charge in [-0.05, 0) is 0 Å². The van der Waals surface area contributed by atoms with E-state index in [9.17, 15) is 0 Å². The Morgan fingerprint density at radius 3 is 2.36 bits per heavy atom. The van der Waals surface area contributed by atoms with Crippen molar-refractivity contribution in [3.63, 3.8) is 0 Å². The predicted molar refractivity (Wildman–Crippen MR) is 59.1 cm³/mol. The van der Waals surface area contributed by atoms with Gasteiger partial charge in [0.2, 0.25) is 0 Å². The molecule has 1 aromatic carbocycles. The van der Waals surface area contributed by atoms with Crippen LogP contribution in [0, 0.1) is 20.8 Å². The van der Waals surface area contributed by atoms with Gasteiger partial charge in [-0.15, -0.1) is 0 Å². The number of hydrogen-bond acceptors (Lipinski definition) is 2. The van der Waals surface area contributed by atoms with Crippen LogP contribution in [0.15, 0.2) is 12.1 Å². The summed E-state index contributed by atoms with van der Waals surface area (Å²) in [6.07, 6.45) is 0. The predicted octanol–water partition coefficient (Wildman–Crippen LogP) is 1.35. The molecule has 0 amide bonds. The molecule has 0 spiro atoms. The topological polar surface area (TPSA) is 25.8 Å². The van der Waals surface area contributed by atoms with Crippen molar-refractivity contribution in [3.8, 4) is 0 Å². The molecule has 0 unspecified atom stereocenters. The fourth-order valence-corrected chi connectivity index (χ4v) is 2.38. The molecule has 0 aliphatic carbocycles. The maximum atomic E-state index is 4.56. The van der Waals surface area contributed by atoms with Gasteiger partial charge in [-0.3, -0.25) is 0 Å². The third-order valence-corrected chi connectivity index (χ3v) is 3.09. The number of fused-ring (bicyclic) bond motifs is 1. The molecule has 2 nitrogen and oxygen atoms in total. The van der Waals surface area contributed by atoms with E-state index in [4.69, 9.17) is 0 Å². The van der Waals surface area contributed by atoms with Gasteiger partial charge < -0.3 is 0 Å². The number of rotatable bonds is 0. The molecule has 3 heteroatoms. The summed E-state index contributed by atoms with van der Waals surface area (Å²) in [6.45, 7) is 6.10. The molecule has 1 heterocycles. The van der Waals surface area contributed by atoms with Crippen LogP contribution in [0.25, 0.3) is 11.0 Å². The minimum absolute atomic E-state index is 1.02. The van der Waals surface area contributed by atoms with Crippen LogP contribution in [0.4, 0.5) is 0 Å². The van der Waals surface area contributed by atoms with Crippen LogP contribution in [-0.2, 0) is 0 Å². The van der Waals surface area contributed by atoms with E-state index >= 15 is 0 Å². The molecule has 0 bridgehead atoms. The van der Waals surface area contributed by atoms with E-state index < -0.39 is 0 Å². The number of benzene rings is 1. The van der Waals surface area contributed by atoms with Gasteiger partial charge >= 0.3 is 93.6 Å². The third kappa shape index (κ3) is 1.57. The molecule has 0 saturated carbocycles. The van der Waals surface area contributed by atoms with Crippen molar-refractivity contribution in [2.24, 2.45) is 0 Å². The summed E-state index contributed by atoms with van der Waals surface area (Å²) in [5.41, 5.74) is 5.32. The van der Waals surface area contributed by atoms with E-state index in [-0.39, 0.29) is 0 Å². The number of aromatic nitrogens is 2. The van der Waals surface area contributed by atoms with E-state index in [1.54, 1.807) is 18.6 Å². The molecule has 0 saturated heterocycles. The molecule has 68 valence electrons. The van der Waals surface area contributed by atoms with Crippen molar-refractivity contribution in [1.29, 1.82) is 0 Å². The Bertz CT molecular complexity index is 506. The summed E-state index contributed by atoms with van der Waals surface area (Å²) in [4.78, 5) is 9.10. The molecule has 0 atom stereocenters. The zero-order chi connectivity index (χ0) is 10.3. The summed E-state index contributed by atoms with van der Waals surface area (Å²) in [7, 11) is 0. The van der Waals surface area contributed by atoms with Crippen LogP contribution in [0.5, 0.6) is 0 Å². The van der Waals surface area contributed by atoms with Crippen molar-refractivity contribution in [1.82, 2.24) is 9.97 Å². The first-order valence-corrected chi connectivity index (χ1v) is 5.80. The standard InChI is InChI=1S/C11H11N2.Ga/c1-7-5-4-6-10-11(7)13-9(3)8(2)12-10;/h5-6H,1-3H3;. The molecule has 0 fully saturated rings. The van der Waals surface area contributed by atoms with Crippen molar-refractivity contribution >= 4 is 33.8 Å². The number of hydrogen-bond donors (Lipinski definition) is 0. The molecule has 0 N–H and O–H groups in total. The summed E-state index contributed by atoms with van der Waals surface area (Å²) in [5, 5.41) is 0. The normalized spacial score (nSPS) is 10.8. The van der Waals surface area contributed by atoms with Crippen LogP contribution in [-0.4, -0.2) is 28.6 Å². The molecule has 0 aliphatic heterocycles. The molecule has 2 aromatic rings. The molecular weight excluding hydrogens is 230 g/mol. The maximum absolute atomic E-state index is 4.56. The zero-order valence-corrected chi connectivity index (χ0v) is 11.0.